The Morgan fingerprint density at radius 1 is 1.04 bits per heavy atom. The van der Waals surface area contributed by atoms with E-state index >= 15 is 0 Å². The molecule has 0 spiro atoms. The third kappa shape index (κ3) is 2.70. The van der Waals surface area contributed by atoms with Crippen molar-refractivity contribution in [1.82, 2.24) is 29.4 Å². The molecule has 0 unspecified atom stereocenters. The Morgan fingerprint density at radius 3 is 2.56 bits per heavy atom. The minimum atomic E-state index is -0.345. The van der Waals surface area contributed by atoms with Crippen LogP contribution in [0.5, 0.6) is 0 Å². The molecule has 0 aliphatic carbocycles. The van der Waals surface area contributed by atoms with Crippen molar-refractivity contribution in [3.8, 4) is 0 Å². The maximum absolute atomic E-state index is 6.76. The van der Waals surface area contributed by atoms with E-state index in [-0.39, 0.29) is 5.66 Å². The minimum absolute atomic E-state index is 0.345. The molecule has 0 saturated carbocycles. The summed E-state index contributed by atoms with van der Waals surface area (Å²) in [5, 5.41) is 8.61. The van der Waals surface area contributed by atoms with E-state index in [1.807, 2.05) is 35.0 Å². The Hall–Kier alpha value is -2.77. The van der Waals surface area contributed by atoms with Crippen LogP contribution in [0, 0.1) is 0 Å². The zero-order valence-electron chi connectivity index (χ0n) is 15.4. The van der Waals surface area contributed by atoms with Crippen LogP contribution in [0.1, 0.15) is 18.7 Å². The zero-order chi connectivity index (χ0) is 18.4. The van der Waals surface area contributed by atoms with Gasteiger partial charge in [-0.1, -0.05) is 29.5 Å². The summed E-state index contributed by atoms with van der Waals surface area (Å²) in [7, 11) is 2.11. The minimum Gasteiger partial charge on any atom is -0.323 e. The molecule has 0 radical (unpaired) electrons. The van der Waals surface area contributed by atoms with Gasteiger partial charge in [0.2, 0.25) is 0 Å². The first kappa shape index (κ1) is 16.4. The van der Waals surface area contributed by atoms with Crippen molar-refractivity contribution in [3.05, 3.63) is 54.4 Å². The summed E-state index contributed by atoms with van der Waals surface area (Å²) in [5.41, 5.74) is 10.4. The highest BCUT2D eigenvalue weighted by atomic mass is 15.4. The van der Waals surface area contributed by atoms with E-state index in [9.17, 15) is 0 Å². The van der Waals surface area contributed by atoms with Gasteiger partial charge in [-0.2, -0.15) is 0 Å². The van der Waals surface area contributed by atoms with Gasteiger partial charge >= 0.3 is 0 Å². The second kappa shape index (κ2) is 6.14. The number of likely N-dealkylation sites (tertiary alicyclic amines) is 1. The van der Waals surface area contributed by atoms with E-state index in [0.717, 1.165) is 47.3 Å². The van der Waals surface area contributed by atoms with Crippen LogP contribution in [0.3, 0.4) is 0 Å². The number of aromatic nitrogens is 5. The van der Waals surface area contributed by atoms with Crippen LogP contribution >= 0.6 is 0 Å². The smallest absolute Gasteiger partial charge is 0.131 e. The molecule has 1 atom stereocenters. The quantitative estimate of drug-likeness (QED) is 0.603. The summed E-state index contributed by atoms with van der Waals surface area (Å²) in [6.45, 7) is 2.31. The van der Waals surface area contributed by atoms with Gasteiger partial charge in [-0.25, -0.2) is 9.67 Å². The normalized spacial score (nSPS) is 20.8. The number of nitrogens with two attached hydrogens (primary N) is 1. The number of hydrogen-bond donors (Lipinski definition) is 1. The van der Waals surface area contributed by atoms with E-state index in [4.69, 9.17) is 10.7 Å². The molecule has 4 aromatic rings. The standard InChI is InChI=1S/C20H23N7/c1-25-12-6-11-20(25,21)14-26-17-9-4-2-7-15(17)22-19(26)13-27-18-10-5-3-8-16(18)23-24-27/h2-5,7-10H,6,11-14,21H2,1H3/t20-/m1/s1. The molecule has 27 heavy (non-hydrogen) atoms. The highest BCUT2D eigenvalue weighted by Crippen LogP contribution is 2.27. The summed E-state index contributed by atoms with van der Waals surface area (Å²) in [5.74, 6) is 0.956. The van der Waals surface area contributed by atoms with E-state index in [2.05, 4.69) is 45.0 Å². The number of nitrogens with zero attached hydrogens (tertiary/aromatic N) is 6. The first-order chi connectivity index (χ1) is 13.1. The lowest BCUT2D eigenvalue weighted by molar-refractivity contribution is 0.155. The molecule has 2 aromatic carbocycles. The lowest BCUT2D eigenvalue weighted by Gasteiger charge is -2.33. The summed E-state index contributed by atoms with van der Waals surface area (Å²) < 4.78 is 4.17. The molecule has 0 amide bonds. The number of benzene rings is 2. The molecule has 2 aromatic heterocycles. The van der Waals surface area contributed by atoms with Gasteiger partial charge in [0.1, 0.15) is 17.9 Å². The molecule has 1 aliphatic rings. The van der Waals surface area contributed by atoms with Crippen molar-refractivity contribution in [3.63, 3.8) is 0 Å². The number of likely N-dealkylation sites (N-methyl/N-ethyl adjacent to an activating group) is 1. The highest BCUT2D eigenvalue weighted by molar-refractivity contribution is 5.76. The largest absolute Gasteiger partial charge is 0.323 e. The molecule has 2 N–H and O–H groups in total. The number of rotatable bonds is 4. The van der Waals surface area contributed by atoms with Crippen LogP contribution in [0.2, 0.25) is 0 Å². The first-order valence-electron chi connectivity index (χ1n) is 9.37. The maximum atomic E-state index is 6.76. The van der Waals surface area contributed by atoms with Gasteiger partial charge in [-0.15, -0.1) is 5.10 Å². The third-order valence-corrected chi connectivity index (χ3v) is 5.74. The topological polar surface area (TPSA) is 77.8 Å². The molecular weight excluding hydrogens is 338 g/mol. The van der Waals surface area contributed by atoms with E-state index in [1.54, 1.807) is 0 Å². The predicted octanol–water partition coefficient (Wildman–Crippen LogP) is 2.21. The van der Waals surface area contributed by atoms with Gasteiger partial charge in [-0.05, 0) is 50.7 Å². The zero-order valence-corrected chi connectivity index (χ0v) is 15.4. The van der Waals surface area contributed by atoms with Gasteiger partial charge in [0.05, 0.1) is 28.8 Å². The van der Waals surface area contributed by atoms with Crippen LogP contribution in [0.25, 0.3) is 22.1 Å². The van der Waals surface area contributed by atoms with Gasteiger partial charge in [-0.3, -0.25) is 4.90 Å². The molecule has 138 valence electrons. The van der Waals surface area contributed by atoms with E-state index < -0.39 is 0 Å². The van der Waals surface area contributed by atoms with Crippen LogP contribution in [0.15, 0.2) is 48.5 Å². The second-order valence-electron chi connectivity index (χ2n) is 7.47. The summed E-state index contributed by atoms with van der Waals surface area (Å²) >= 11 is 0. The monoisotopic (exact) mass is 361 g/mol. The van der Waals surface area contributed by atoms with E-state index in [1.165, 1.54) is 0 Å². The molecule has 0 bridgehead atoms. The lowest BCUT2D eigenvalue weighted by atomic mass is 10.1. The molecule has 5 rings (SSSR count). The Kier molecular flexibility index (Phi) is 3.73. The van der Waals surface area contributed by atoms with E-state index in [0.29, 0.717) is 13.1 Å². The molecular formula is C20H23N7. The number of imidazole rings is 1. The van der Waals surface area contributed by atoms with Crippen LogP contribution < -0.4 is 5.73 Å². The fraction of sp³-hybridized carbons (Fsp3) is 0.350. The molecule has 7 heteroatoms. The van der Waals surface area contributed by atoms with Crippen molar-refractivity contribution >= 4 is 22.1 Å². The summed E-state index contributed by atoms with van der Waals surface area (Å²) in [6.07, 6.45) is 2.12. The fourth-order valence-electron chi connectivity index (χ4n) is 4.10. The molecule has 7 nitrogen and oxygen atoms in total. The molecule has 1 saturated heterocycles. The average molecular weight is 361 g/mol. The number of fused-ring (bicyclic) bond motifs is 2. The van der Waals surface area contributed by atoms with Crippen LogP contribution in [-0.2, 0) is 13.1 Å². The third-order valence-electron chi connectivity index (χ3n) is 5.74. The van der Waals surface area contributed by atoms with Gasteiger partial charge < -0.3 is 10.3 Å². The van der Waals surface area contributed by atoms with Gasteiger partial charge in [0.15, 0.2) is 0 Å². The Balaban J connectivity index is 1.59. The summed E-state index contributed by atoms with van der Waals surface area (Å²) in [6, 6.07) is 16.2. The van der Waals surface area contributed by atoms with Crippen molar-refractivity contribution in [2.45, 2.75) is 31.6 Å². The maximum Gasteiger partial charge on any atom is 0.131 e. The predicted molar refractivity (Wildman–Crippen MR) is 105 cm³/mol. The molecule has 1 aliphatic heterocycles. The Morgan fingerprint density at radius 2 is 1.78 bits per heavy atom. The van der Waals surface area contributed by atoms with Gasteiger partial charge in [0, 0.05) is 0 Å². The van der Waals surface area contributed by atoms with Crippen molar-refractivity contribution in [2.24, 2.45) is 5.73 Å². The summed E-state index contributed by atoms with van der Waals surface area (Å²) in [4.78, 5) is 7.15. The van der Waals surface area contributed by atoms with Crippen LogP contribution in [-0.4, -0.2) is 48.7 Å². The number of hydrogen-bond acceptors (Lipinski definition) is 5. The van der Waals surface area contributed by atoms with Crippen molar-refractivity contribution in [1.29, 1.82) is 0 Å². The van der Waals surface area contributed by atoms with Crippen molar-refractivity contribution in [2.75, 3.05) is 13.6 Å². The fourth-order valence-corrected chi connectivity index (χ4v) is 4.10. The molecule has 1 fully saturated rings. The number of para-hydroxylation sites is 3. The van der Waals surface area contributed by atoms with Crippen molar-refractivity contribution < 1.29 is 0 Å². The molecule has 3 heterocycles. The Bertz CT molecular complexity index is 1110. The second-order valence-corrected chi connectivity index (χ2v) is 7.47. The van der Waals surface area contributed by atoms with Crippen LogP contribution in [0.4, 0.5) is 0 Å². The van der Waals surface area contributed by atoms with Gasteiger partial charge in [0.25, 0.3) is 0 Å². The average Bonchev–Trinajstić information content (AvgIpc) is 3.34. The highest BCUT2D eigenvalue weighted by Gasteiger charge is 2.36. The lowest BCUT2D eigenvalue weighted by Crippen LogP contribution is -2.53. The Labute approximate surface area is 157 Å². The first-order valence-corrected chi connectivity index (χ1v) is 9.37. The SMILES string of the molecule is CN1CCC[C@]1(N)Cn1c(Cn2nnc3ccccc32)nc2ccccc21.